The second kappa shape index (κ2) is 7.44. The molecule has 1 amide bonds. The van der Waals surface area contributed by atoms with Crippen LogP contribution in [0.15, 0.2) is 84.9 Å². The van der Waals surface area contributed by atoms with Crippen LogP contribution in [-0.2, 0) is 6.42 Å². The topological polar surface area (TPSA) is 32.3 Å². The smallest absolute Gasteiger partial charge is 0.251 e. The average Bonchev–Trinajstić information content (AvgIpc) is 2.78. The number of benzene rings is 3. The molecule has 1 N–H and O–H groups in total. The van der Waals surface area contributed by atoms with E-state index in [1.54, 1.807) is 0 Å². The number of para-hydroxylation sites is 1. The number of carbonyl (C=O) groups excluding carboxylic acids is 1. The fourth-order valence-corrected chi connectivity index (χ4v) is 3.68. The van der Waals surface area contributed by atoms with Crippen molar-refractivity contribution >= 4 is 11.6 Å². The van der Waals surface area contributed by atoms with Gasteiger partial charge in [0.05, 0.1) is 6.04 Å². The van der Waals surface area contributed by atoms with E-state index < -0.39 is 0 Å². The number of hydrogen-bond donors (Lipinski definition) is 1. The van der Waals surface area contributed by atoms with E-state index in [4.69, 9.17) is 0 Å². The first-order valence-corrected chi connectivity index (χ1v) is 9.05. The predicted octanol–water partition coefficient (Wildman–Crippen LogP) is 4.22. The van der Waals surface area contributed by atoms with E-state index in [2.05, 4.69) is 64.8 Å². The predicted molar refractivity (Wildman–Crippen MR) is 105 cm³/mol. The highest BCUT2D eigenvalue weighted by molar-refractivity contribution is 5.95. The van der Waals surface area contributed by atoms with Crippen LogP contribution in [0.2, 0.25) is 0 Å². The maximum atomic E-state index is 12.6. The lowest BCUT2D eigenvalue weighted by atomic mass is 9.94. The molecule has 26 heavy (non-hydrogen) atoms. The van der Waals surface area contributed by atoms with Crippen LogP contribution in [-0.4, -0.2) is 19.0 Å². The summed E-state index contributed by atoms with van der Waals surface area (Å²) in [5, 5.41) is 3.07. The summed E-state index contributed by atoms with van der Waals surface area (Å²) in [6, 6.07) is 29.1. The Hall–Kier alpha value is -3.07. The number of rotatable bonds is 2. The molecule has 130 valence electrons. The molecule has 1 aliphatic heterocycles. The van der Waals surface area contributed by atoms with Gasteiger partial charge in [-0.05, 0) is 35.7 Å². The minimum Gasteiger partial charge on any atom is -0.362 e. The van der Waals surface area contributed by atoms with E-state index >= 15 is 0 Å². The zero-order valence-electron chi connectivity index (χ0n) is 14.6. The number of anilines is 1. The normalized spacial score (nSPS) is 17.5. The van der Waals surface area contributed by atoms with Crippen LogP contribution in [0.1, 0.15) is 27.5 Å². The van der Waals surface area contributed by atoms with Gasteiger partial charge in [0.15, 0.2) is 0 Å². The number of nitrogens with one attached hydrogen (secondary N) is 1. The van der Waals surface area contributed by atoms with Crippen molar-refractivity contribution in [3.63, 3.8) is 0 Å². The molecule has 0 radical (unpaired) electrons. The fraction of sp³-hybridized carbons (Fsp3) is 0.174. The van der Waals surface area contributed by atoms with E-state index in [1.807, 2.05) is 30.3 Å². The lowest BCUT2D eigenvalue weighted by Crippen LogP contribution is -2.36. The minimum absolute atomic E-state index is 0.0160. The molecular weight excluding hydrogens is 320 g/mol. The van der Waals surface area contributed by atoms with Crippen molar-refractivity contribution in [3.05, 3.63) is 102 Å². The lowest BCUT2D eigenvalue weighted by Gasteiger charge is -2.34. The zero-order valence-corrected chi connectivity index (χ0v) is 14.6. The molecule has 0 saturated heterocycles. The van der Waals surface area contributed by atoms with E-state index in [1.165, 1.54) is 11.3 Å². The zero-order chi connectivity index (χ0) is 17.8. The molecule has 0 aromatic heterocycles. The molecule has 1 unspecified atom stereocenters. The Kier molecular flexibility index (Phi) is 4.69. The molecular formula is C23H22N2O. The van der Waals surface area contributed by atoms with Gasteiger partial charge in [0.1, 0.15) is 0 Å². The molecule has 0 saturated carbocycles. The Morgan fingerprint density at radius 1 is 0.808 bits per heavy atom. The van der Waals surface area contributed by atoms with Crippen molar-refractivity contribution in [2.75, 3.05) is 18.0 Å². The molecule has 1 atom stereocenters. The maximum absolute atomic E-state index is 12.6. The molecule has 3 heteroatoms. The third kappa shape index (κ3) is 3.33. The fourth-order valence-electron chi connectivity index (χ4n) is 3.68. The SMILES string of the molecule is O=C1NCCN(c2ccccc2)C(c2ccccc2)Cc2ccccc21. The van der Waals surface area contributed by atoms with Crippen LogP contribution < -0.4 is 10.2 Å². The largest absolute Gasteiger partial charge is 0.362 e. The Morgan fingerprint density at radius 3 is 2.23 bits per heavy atom. The van der Waals surface area contributed by atoms with Crippen molar-refractivity contribution < 1.29 is 4.79 Å². The number of carbonyl (C=O) groups is 1. The summed E-state index contributed by atoms with van der Waals surface area (Å²) in [5.74, 6) is 0.0160. The van der Waals surface area contributed by atoms with Crippen molar-refractivity contribution in [3.8, 4) is 0 Å². The first-order chi connectivity index (χ1) is 12.8. The molecule has 4 rings (SSSR count). The van der Waals surface area contributed by atoms with Crippen LogP contribution in [0, 0.1) is 0 Å². The lowest BCUT2D eigenvalue weighted by molar-refractivity contribution is 0.0954. The average molecular weight is 342 g/mol. The quantitative estimate of drug-likeness (QED) is 0.756. The van der Waals surface area contributed by atoms with Gasteiger partial charge in [-0.3, -0.25) is 4.79 Å². The van der Waals surface area contributed by atoms with Crippen LogP contribution in [0.25, 0.3) is 0 Å². The molecule has 1 aliphatic rings. The van der Waals surface area contributed by atoms with Crippen LogP contribution in [0.5, 0.6) is 0 Å². The second-order valence-corrected chi connectivity index (χ2v) is 6.57. The Bertz CT molecular complexity index is 877. The highest BCUT2D eigenvalue weighted by Crippen LogP contribution is 2.31. The van der Waals surface area contributed by atoms with Gasteiger partial charge in [0, 0.05) is 24.3 Å². The van der Waals surface area contributed by atoms with Crippen molar-refractivity contribution in [2.24, 2.45) is 0 Å². The molecule has 0 fully saturated rings. The highest BCUT2D eigenvalue weighted by Gasteiger charge is 2.25. The number of hydrogen-bond acceptors (Lipinski definition) is 2. The second-order valence-electron chi connectivity index (χ2n) is 6.57. The first kappa shape index (κ1) is 16.4. The summed E-state index contributed by atoms with van der Waals surface area (Å²) in [5.41, 5.74) is 4.31. The van der Waals surface area contributed by atoms with E-state index in [-0.39, 0.29) is 11.9 Å². The van der Waals surface area contributed by atoms with Crippen LogP contribution in [0.3, 0.4) is 0 Å². The third-order valence-electron chi connectivity index (χ3n) is 4.96. The van der Waals surface area contributed by atoms with E-state index in [0.29, 0.717) is 6.54 Å². The third-order valence-corrected chi connectivity index (χ3v) is 4.96. The summed E-state index contributed by atoms with van der Waals surface area (Å²) in [4.78, 5) is 15.0. The highest BCUT2D eigenvalue weighted by atomic mass is 16.1. The number of amides is 1. The standard InChI is InChI=1S/C23H22N2O/c26-23-21-14-8-7-11-19(21)17-22(18-9-3-1-4-10-18)25(16-15-24-23)20-12-5-2-6-13-20/h1-14,22H,15-17H2,(H,24,26). The van der Waals surface area contributed by atoms with Crippen LogP contribution in [0.4, 0.5) is 5.69 Å². The summed E-state index contributed by atoms with van der Waals surface area (Å²) in [6.07, 6.45) is 0.794. The Labute approximate surface area is 154 Å². The molecule has 1 heterocycles. The van der Waals surface area contributed by atoms with Crippen molar-refractivity contribution in [1.29, 1.82) is 0 Å². The van der Waals surface area contributed by atoms with Gasteiger partial charge >= 0.3 is 0 Å². The maximum Gasteiger partial charge on any atom is 0.251 e. The molecule has 3 aromatic rings. The molecule has 0 spiro atoms. The van der Waals surface area contributed by atoms with Gasteiger partial charge in [0.25, 0.3) is 5.91 Å². The number of nitrogens with zero attached hydrogens (tertiary/aromatic N) is 1. The van der Waals surface area contributed by atoms with E-state index in [0.717, 1.165) is 24.1 Å². The monoisotopic (exact) mass is 342 g/mol. The molecule has 0 aliphatic carbocycles. The molecule has 3 aromatic carbocycles. The van der Waals surface area contributed by atoms with Gasteiger partial charge in [-0.25, -0.2) is 0 Å². The van der Waals surface area contributed by atoms with Gasteiger partial charge in [-0.2, -0.15) is 0 Å². The van der Waals surface area contributed by atoms with Gasteiger partial charge in [-0.15, -0.1) is 0 Å². The molecule has 0 bridgehead atoms. The number of fused-ring (bicyclic) bond motifs is 1. The molecule has 3 nitrogen and oxygen atoms in total. The summed E-state index contributed by atoms with van der Waals surface area (Å²) in [6.45, 7) is 1.38. The summed E-state index contributed by atoms with van der Waals surface area (Å²) >= 11 is 0. The summed E-state index contributed by atoms with van der Waals surface area (Å²) in [7, 11) is 0. The van der Waals surface area contributed by atoms with Gasteiger partial charge in [0.2, 0.25) is 0 Å². The Morgan fingerprint density at radius 2 is 1.46 bits per heavy atom. The van der Waals surface area contributed by atoms with Gasteiger partial charge in [-0.1, -0.05) is 66.7 Å². The van der Waals surface area contributed by atoms with Crippen molar-refractivity contribution in [2.45, 2.75) is 12.5 Å². The van der Waals surface area contributed by atoms with Crippen LogP contribution >= 0.6 is 0 Å². The van der Waals surface area contributed by atoms with Gasteiger partial charge < -0.3 is 10.2 Å². The van der Waals surface area contributed by atoms with E-state index in [9.17, 15) is 4.79 Å². The Balaban J connectivity index is 1.82. The first-order valence-electron chi connectivity index (χ1n) is 9.05. The van der Waals surface area contributed by atoms with Crippen molar-refractivity contribution in [1.82, 2.24) is 5.32 Å². The minimum atomic E-state index is 0.0160. The summed E-state index contributed by atoms with van der Waals surface area (Å²) < 4.78 is 0.